The summed E-state index contributed by atoms with van der Waals surface area (Å²) in [6, 6.07) is 20.2. The molecule has 0 saturated heterocycles. The number of carbonyl (C=O) groups is 2. The van der Waals surface area contributed by atoms with Crippen molar-refractivity contribution in [3.05, 3.63) is 108 Å². The number of nitrogens with zero attached hydrogens (tertiary/aromatic N) is 2. The van der Waals surface area contributed by atoms with Crippen LogP contribution in [0.5, 0.6) is 0 Å². The zero-order valence-corrected chi connectivity index (χ0v) is 18.0. The van der Waals surface area contributed by atoms with Crippen molar-refractivity contribution in [1.29, 1.82) is 0 Å². The summed E-state index contributed by atoms with van der Waals surface area (Å²) in [4.78, 5) is 29.3. The Balaban J connectivity index is 1.73. The molecule has 1 aromatic heterocycles. The number of hydrogen-bond donors (Lipinski definition) is 0. The van der Waals surface area contributed by atoms with E-state index in [-0.39, 0.29) is 24.9 Å². The number of rotatable bonds is 10. The van der Waals surface area contributed by atoms with E-state index in [4.69, 9.17) is 16.0 Å². The number of benzene rings is 2. The minimum atomic E-state index is -0.245. The molecule has 3 aromatic rings. The maximum atomic E-state index is 13.2. The Hall–Kier alpha value is -3.31. The summed E-state index contributed by atoms with van der Waals surface area (Å²) < 4.78 is 5.44. The third kappa shape index (κ3) is 6.59. The minimum absolute atomic E-state index is 0.0526. The quantitative estimate of drug-likeness (QED) is 0.427. The first-order valence-corrected chi connectivity index (χ1v) is 10.4. The Morgan fingerprint density at radius 2 is 1.71 bits per heavy atom. The van der Waals surface area contributed by atoms with E-state index >= 15 is 0 Å². The van der Waals surface area contributed by atoms with Gasteiger partial charge < -0.3 is 14.2 Å². The molecule has 0 fully saturated rings. The van der Waals surface area contributed by atoms with E-state index in [0.29, 0.717) is 35.9 Å². The average Bonchev–Trinajstić information content (AvgIpc) is 3.30. The van der Waals surface area contributed by atoms with Crippen LogP contribution in [0.3, 0.4) is 0 Å². The van der Waals surface area contributed by atoms with Gasteiger partial charge in [0.15, 0.2) is 0 Å². The van der Waals surface area contributed by atoms with E-state index in [1.807, 2.05) is 36.4 Å². The normalized spacial score (nSPS) is 10.5. The molecule has 0 unspecified atom stereocenters. The number of carbonyl (C=O) groups excluding carboxylic acids is 2. The molecule has 0 aliphatic carbocycles. The smallest absolute Gasteiger partial charge is 0.254 e. The SMILES string of the molecule is C=CCN(CC(=O)N(CCc1ccccc1)Cc1ccco1)C(=O)c1ccc(Cl)cc1. The number of halogens is 1. The molecule has 160 valence electrons. The molecule has 0 N–H and O–H groups in total. The number of amides is 2. The molecule has 31 heavy (non-hydrogen) atoms. The van der Waals surface area contributed by atoms with Crippen molar-refractivity contribution in [2.75, 3.05) is 19.6 Å². The fourth-order valence-electron chi connectivity index (χ4n) is 3.20. The largest absolute Gasteiger partial charge is 0.467 e. The number of furan rings is 1. The molecule has 0 spiro atoms. The van der Waals surface area contributed by atoms with Crippen molar-refractivity contribution in [3.63, 3.8) is 0 Å². The third-order valence-corrected chi connectivity index (χ3v) is 5.10. The molecular weight excluding hydrogens is 412 g/mol. The summed E-state index contributed by atoms with van der Waals surface area (Å²) in [5.41, 5.74) is 1.61. The Kier molecular flexibility index (Phi) is 8.07. The fourth-order valence-corrected chi connectivity index (χ4v) is 3.33. The molecule has 2 amide bonds. The fraction of sp³-hybridized carbons (Fsp3) is 0.200. The van der Waals surface area contributed by atoms with Gasteiger partial charge in [0.25, 0.3) is 5.91 Å². The predicted octanol–water partition coefficient (Wildman–Crippen LogP) is 4.83. The van der Waals surface area contributed by atoms with Crippen molar-refractivity contribution in [2.45, 2.75) is 13.0 Å². The van der Waals surface area contributed by atoms with E-state index < -0.39 is 0 Å². The second-order valence-corrected chi connectivity index (χ2v) is 7.55. The van der Waals surface area contributed by atoms with Crippen molar-refractivity contribution < 1.29 is 14.0 Å². The summed E-state index contributed by atoms with van der Waals surface area (Å²) in [6.07, 6.45) is 3.91. The second kappa shape index (κ2) is 11.2. The summed E-state index contributed by atoms with van der Waals surface area (Å²) in [5.74, 6) is 0.295. The molecule has 0 bridgehead atoms. The monoisotopic (exact) mass is 436 g/mol. The molecule has 2 aromatic carbocycles. The summed E-state index contributed by atoms with van der Waals surface area (Å²) >= 11 is 5.93. The molecule has 5 nitrogen and oxygen atoms in total. The topological polar surface area (TPSA) is 53.8 Å². The lowest BCUT2D eigenvalue weighted by Gasteiger charge is -2.27. The average molecular weight is 437 g/mol. The van der Waals surface area contributed by atoms with Gasteiger partial charge in [0.1, 0.15) is 12.3 Å². The van der Waals surface area contributed by atoms with Crippen LogP contribution in [0, 0.1) is 0 Å². The second-order valence-electron chi connectivity index (χ2n) is 7.11. The van der Waals surface area contributed by atoms with Gasteiger partial charge in [-0.25, -0.2) is 0 Å². The lowest BCUT2D eigenvalue weighted by molar-refractivity contribution is -0.132. The molecule has 6 heteroatoms. The van der Waals surface area contributed by atoms with Crippen LogP contribution >= 0.6 is 11.6 Å². The van der Waals surface area contributed by atoms with E-state index in [2.05, 4.69) is 6.58 Å². The molecule has 0 saturated carbocycles. The highest BCUT2D eigenvalue weighted by Gasteiger charge is 2.22. The van der Waals surface area contributed by atoms with Crippen molar-refractivity contribution >= 4 is 23.4 Å². The van der Waals surface area contributed by atoms with E-state index in [1.54, 1.807) is 47.6 Å². The van der Waals surface area contributed by atoms with Crippen molar-refractivity contribution in [1.82, 2.24) is 9.80 Å². The van der Waals surface area contributed by atoms with E-state index in [9.17, 15) is 9.59 Å². The molecule has 0 aliphatic heterocycles. The van der Waals surface area contributed by atoms with Gasteiger partial charge in [-0.2, -0.15) is 0 Å². The summed E-state index contributed by atoms with van der Waals surface area (Å²) in [7, 11) is 0. The first-order chi connectivity index (χ1) is 15.1. The van der Waals surface area contributed by atoms with E-state index in [1.165, 1.54) is 4.90 Å². The highest BCUT2D eigenvalue weighted by molar-refractivity contribution is 6.30. The molecule has 3 rings (SSSR count). The van der Waals surface area contributed by atoms with Gasteiger partial charge in [-0.05, 0) is 48.4 Å². The first-order valence-electron chi connectivity index (χ1n) is 10.1. The van der Waals surface area contributed by atoms with Crippen LogP contribution in [-0.4, -0.2) is 41.2 Å². The third-order valence-electron chi connectivity index (χ3n) is 4.85. The van der Waals surface area contributed by atoms with Gasteiger partial charge in [-0.3, -0.25) is 9.59 Å². The van der Waals surface area contributed by atoms with Crippen LogP contribution in [0.25, 0.3) is 0 Å². The predicted molar refractivity (Wildman–Crippen MR) is 122 cm³/mol. The Morgan fingerprint density at radius 1 is 0.968 bits per heavy atom. The van der Waals surface area contributed by atoms with Gasteiger partial charge in [-0.15, -0.1) is 6.58 Å². The number of hydrogen-bond acceptors (Lipinski definition) is 3. The molecular formula is C25H25ClN2O3. The molecule has 1 heterocycles. The maximum Gasteiger partial charge on any atom is 0.254 e. The lowest BCUT2D eigenvalue weighted by atomic mass is 10.1. The Bertz CT molecular complexity index is 985. The minimum Gasteiger partial charge on any atom is -0.467 e. The zero-order chi connectivity index (χ0) is 22.1. The highest BCUT2D eigenvalue weighted by atomic mass is 35.5. The molecule has 0 aliphatic rings. The van der Waals surface area contributed by atoms with Gasteiger partial charge >= 0.3 is 0 Å². The summed E-state index contributed by atoms with van der Waals surface area (Å²) in [6.45, 7) is 4.79. The highest BCUT2D eigenvalue weighted by Crippen LogP contribution is 2.13. The summed E-state index contributed by atoms with van der Waals surface area (Å²) in [5, 5.41) is 0.549. The first kappa shape index (κ1) is 22.4. The Morgan fingerprint density at radius 3 is 2.35 bits per heavy atom. The van der Waals surface area contributed by atoms with Gasteiger partial charge in [0, 0.05) is 23.7 Å². The van der Waals surface area contributed by atoms with Crippen LogP contribution in [-0.2, 0) is 17.8 Å². The van der Waals surface area contributed by atoms with Gasteiger partial charge in [0.05, 0.1) is 12.8 Å². The maximum absolute atomic E-state index is 13.2. The van der Waals surface area contributed by atoms with Gasteiger partial charge in [0.2, 0.25) is 5.91 Å². The van der Waals surface area contributed by atoms with Crippen LogP contribution < -0.4 is 0 Å². The standard InChI is InChI=1S/C25H25ClN2O3/c1-2-15-28(25(30)21-10-12-22(26)13-11-21)19-24(29)27(18-23-9-6-17-31-23)16-14-20-7-4-3-5-8-20/h2-13,17H,1,14-16,18-19H2. The van der Waals surface area contributed by atoms with Crippen LogP contribution in [0.1, 0.15) is 21.7 Å². The zero-order valence-electron chi connectivity index (χ0n) is 17.2. The van der Waals surface area contributed by atoms with Crippen molar-refractivity contribution in [3.8, 4) is 0 Å². The van der Waals surface area contributed by atoms with Crippen LogP contribution in [0.4, 0.5) is 0 Å². The van der Waals surface area contributed by atoms with Crippen LogP contribution in [0.2, 0.25) is 5.02 Å². The lowest BCUT2D eigenvalue weighted by Crippen LogP contribution is -2.43. The van der Waals surface area contributed by atoms with Crippen molar-refractivity contribution in [2.24, 2.45) is 0 Å². The van der Waals surface area contributed by atoms with Crippen LogP contribution in [0.15, 0.2) is 90.1 Å². The van der Waals surface area contributed by atoms with E-state index in [0.717, 1.165) is 5.56 Å². The molecule has 0 atom stereocenters. The van der Waals surface area contributed by atoms with Gasteiger partial charge in [-0.1, -0.05) is 48.0 Å². The Labute approximate surface area is 187 Å². The molecule has 0 radical (unpaired) electrons.